The van der Waals surface area contributed by atoms with Crippen molar-refractivity contribution in [2.45, 2.75) is 27.2 Å². The van der Waals surface area contributed by atoms with Crippen LogP contribution < -0.4 is 10.2 Å². The highest BCUT2D eigenvalue weighted by molar-refractivity contribution is 5.83. The molecule has 0 saturated carbocycles. The first kappa shape index (κ1) is 16.7. The highest BCUT2D eigenvalue weighted by atomic mass is 16.5. The van der Waals surface area contributed by atoms with Gasteiger partial charge >= 0.3 is 0 Å². The Morgan fingerprint density at radius 3 is 2.57 bits per heavy atom. The number of nitrogens with one attached hydrogen (secondary N) is 1. The number of benzene rings is 2. The normalized spacial score (nSPS) is 10.7. The number of hydrogen-bond acceptors (Lipinski definition) is 3. The van der Waals surface area contributed by atoms with Crippen LogP contribution >= 0.6 is 0 Å². The largest absolute Gasteiger partial charge is 0.494 e. The molecule has 2 rings (SSSR count). The Hall–Kier alpha value is -2.62. The summed E-state index contributed by atoms with van der Waals surface area (Å²) in [4.78, 5) is 11.9. The fraction of sp³-hybridized carbons (Fsp3) is 0.263. The molecule has 0 radical (unpaired) electrons. The number of carbonyl (C=O) groups excluding carboxylic acids is 1. The summed E-state index contributed by atoms with van der Waals surface area (Å²) >= 11 is 0. The predicted octanol–water partition coefficient (Wildman–Crippen LogP) is 3.39. The van der Waals surface area contributed by atoms with Gasteiger partial charge in [0.1, 0.15) is 5.75 Å². The molecule has 0 spiro atoms. The minimum Gasteiger partial charge on any atom is -0.494 e. The van der Waals surface area contributed by atoms with Crippen LogP contribution in [0.1, 0.15) is 29.2 Å². The molecule has 4 nitrogen and oxygen atoms in total. The molecule has 1 amide bonds. The number of nitrogens with zero attached hydrogens (tertiary/aromatic N) is 1. The molecule has 0 atom stereocenters. The van der Waals surface area contributed by atoms with Crippen molar-refractivity contribution in [3.8, 4) is 5.75 Å². The van der Waals surface area contributed by atoms with Crippen molar-refractivity contribution in [2.24, 2.45) is 5.10 Å². The van der Waals surface area contributed by atoms with Crippen molar-refractivity contribution in [1.29, 1.82) is 0 Å². The van der Waals surface area contributed by atoms with E-state index in [1.807, 2.05) is 57.2 Å². The quantitative estimate of drug-likeness (QED) is 0.657. The molecule has 0 aliphatic rings. The van der Waals surface area contributed by atoms with Gasteiger partial charge in [-0.1, -0.05) is 23.8 Å². The van der Waals surface area contributed by atoms with Crippen LogP contribution in [0.3, 0.4) is 0 Å². The molecule has 0 aromatic heterocycles. The average molecular weight is 310 g/mol. The lowest BCUT2D eigenvalue weighted by molar-refractivity contribution is -0.120. The second kappa shape index (κ2) is 8.13. The lowest BCUT2D eigenvalue weighted by atomic mass is 10.0. The molecule has 2 aromatic carbocycles. The van der Waals surface area contributed by atoms with Crippen molar-refractivity contribution in [2.75, 3.05) is 6.61 Å². The van der Waals surface area contributed by atoms with Crippen LogP contribution in [0.25, 0.3) is 0 Å². The van der Waals surface area contributed by atoms with Crippen LogP contribution in [0.15, 0.2) is 47.6 Å². The van der Waals surface area contributed by atoms with Gasteiger partial charge in [0.15, 0.2) is 0 Å². The summed E-state index contributed by atoms with van der Waals surface area (Å²) < 4.78 is 5.38. The van der Waals surface area contributed by atoms with Gasteiger partial charge in [0.2, 0.25) is 5.91 Å². The minimum absolute atomic E-state index is 0.126. The first-order valence-electron chi connectivity index (χ1n) is 7.69. The maximum absolute atomic E-state index is 11.9. The van der Waals surface area contributed by atoms with E-state index in [4.69, 9.17) is 4.74 Å². The van der Waals surface area contributed by atoms with E-state index in [0.717, 1.165) is 22.4 Å². The Morgan fingerprint density at radius 2 is 1.91 bits per heavy atom. The minimum atomic E-state index is -0.126. The summed E-state index contributed by atoms with van der Waals surface area (Å²) in [5.41, 5.74) is 6.80. The van der Waals surface area contributed by atoms with E-state index in [2.05, 4.69) is 16.6 Å². The molecule has 0 saturated heterocycles. The van der Waals surface area contributed by atoms with Crippen molar-refractivity contribution in [1.82, 2.24) is 5.43 Å². The topological polar surface area (TPSA) is 50.7 Å². The second-order valence-electron chi connectivity index (χ2n) is 5.40. The van der Waals surface area contributed by atoms with Gasteiger partial charge in [-0.2, -0.15) is 5.10 Å². The lowest BCUT2D eigenvalue weighted by Crippen LogP contribution is -2.20. The molecule has 0 fully saturated rings. The average Bonchev–Trinajstić information content (AvgIpc) is 2.52. The summed E-state index contributed by atoms with van der Waals surface area (Å²) in [6.45, 7) is 6.64. The van der Waals surface area contributed by atoms with Gasteiger partial charge < -0.3 is 4.74 Å². The maximum atomic E-state index is 11.9. The summed E-state index contributed by atoms with van der Waals surface area (Å²) in [7, 11) is 0. The van der Waals surface area contributed by atoms with E-state index < -0.39 is 0 Å². The summed E-state index contributed by atoms with van der Waals surface area (Å²) in [6, 6.07) is 13.6. The Morgan fingerprint density at radius 1 is 1.17 bits per heavy atom. The smallest absolute Gasteiger partial charge is 0.244 e. The molecule has 120 valence electrons. The fourth-order valence-corrected chi connectivity index (χ4v) is 2.25. The van der Waals surface area contributed by atoms with Crippen molar-refractivity contribution in [3.63, 3.8) is 0 Å². The second-order valence-corrected chi connectivity index (χ2v) is 5.40. The van der Waals surface area contributed by atoms with Crippen LogP contribution in [0.2, 0.25) is 0 Å². The van der Waals surface area contributed by atoms with E-state index in [9.17, 15) is 4.79 Å². The van der Waals surface area contributed by atoms with Crippen LogP contribution in [-0.2, 0) is 11.2 Å². The highest BCUT2D eigenvalue weighted by Gasteiger charge is 2.05. The number of hydrogen-bond donors (Lipinski definition) is 1. The molecular weight excluding hydrogens is 288 g/mol. The first-order chi connectivity index (χ1) is 11.1. The van der Waals surface area contributed by atoms with E-state index in [-0.39, 0.29) is 5.91 Å². The predicted molar refractivity (Wildman–Crippen MR) is 93.0 cm³/mol. The SMILES string of the molecule is CCOc1ccc(/C=N/NC(=O)Cc2ccc(C)cc2C)cc1. The number of amides is 1. The third-order valence-electron chi connectivity index (χ3n) is 3.44. The Kier molecular flexibility index (Phi) is 5.92. The maximum Gasteiger partial charge on any atom is 0.244 e. The van der Waals surface area contributed by atoms with Crippen LogP contribution in [0.4, 0.5) is 0 Å². The van der Waals surface area contributed by atoms with Crippen molar-refractivity contribution < 1.29 is 9.53 Å². The van der Waals surface area contributed by atoms with Crippen LogP contribution in [-0.4, -0.2) is 18.7 Å². The summed E-state index contributed by atoms with van der Waals surface area (Å²) in [5.74, 6) is 0.697. The van der Waals surface area contributed by atoms with Crippen LogP contribution in [0.5, 0.6) is 5.75 Å². The first-order valence-corrected chi connectivity index (χ1v) is 7.69. The van der Waals surface area contributed by atoms with Crippen molar-refractivity contribution in [3.05, 3.63) is 64.7 Å². The monoisotopic (exact) mass is 310 g/mol. The standard InChI is InChI=1S/C19H22N2O2/c1-4-23-18-9-6-16(7-10-18)13-20-21-19(22)12-17-8-5-14(2)11-15(17)3/h5-11,13H,4,12H2,1-3H3,(H,21,22)/b20-13+. The molecule has 0 aliphatic heterocycles. The summed E-state index contributed by atoms with van der Waals surface area (Å²) in [6.07, 6.45) is 1.95. The Bertz CT molecular complexity index is 691. The number of hydrazone groups is 1. The summed E-state index contributed by atoms with van der Waals surface area (Å²) in [5, 5.41) is 4.00. The Balaban J connectivity index is 1.88. The van der Waals surface area contributed by atoms with E-state index in [1.165, 1.54) is 5.56 Å². The van der Waals surface area contributed by atoms with Gasteiger partial charge in [-0.15, -0.1) is 0 Å². The molecule has 0 unspecified atom stereocenters. The third kappa shape index (κ3) is 5.25. The highest BCUT2D eigenvalue weighted by Crippen LogP contribution is 2.12. The molecule has 0 bridgehead atoms. The zero-order valence-electron chi connectivity index (χ0n) is 13.8. The number of ether oxygens (including phenoxy) is 1. The number of aryl methyl sites for hydroxylation is 2. The zero-order valence-corrected chi connectivity index (χ0v) is 13.8. The molecule has 4 heteroatoms. The van der Waals surface area contributed by atoms with Gasteiger partial charge in [0, 0.05) is 0 Å². The van der Waals surface area contributed by atoms with E-state index in [0.29, 0.717) is 13.0 Å². The lowest BCUT2D eigenvalue weighted by Gasteiger charge is -2.05. The van der Waals surface area contributed by atoms with Gasteiger partial charge in [-0.25, -0.2) is 5.43 Å². The number of carbonyl (C=O) groups is 1. The molecule has 0 heterocycles. The number of rotatable bonds is 6. The molecular formula is C19H22N2O2. The van der Waals surface area contributed by atoms with Crippen LogP contribution in [0, 0.1) is 13.8 Å². The Labute approximate surface area is 137 Å². The van der Waals surface area contributed by atoms with Gasteiger partial charge in [0.25, 0.3) is 0 Å². The zero-order chi connectivity index (χ0) is 16.7. The molecule has 2 aromatic rings. The van der Waals surface area contributed by atoms with Gasteiger partial charge in [0.05, 0.1) is 19.2 Å². The molecule has 0 aliphatic carbocycles. The third-order valence-corrected chi connectivity index (χ3v) is 3.44. The van der Waals surface area contributed by atoms with Gasteiger partial charge in [-0.05, 0) is 61.7 Å². The molecule has 1 N–H and O–H groups in total. The van der Waals surface area contributed by atoms with Crippen molar-refractivity contribution >= 4 is 12.1 Å². The van der Waals surface area contributed by atoms with Gasteiger partial charge in [-0.3, -0.25) is 4.79 Å². The van der Waals surface area contributed by atoms with E-state index in [1.54, 1.807) is 6.21 Å². The molecule has 23 heavy (non-hydrogen) atoms. The van der Waals surface area contributed by atoms with E-state index >= 15 is 0 Å². The fourth-order valence-electron chi connectivity index (χ4n) is 2.25.